The zero-order valence-electron chi connectivity index (χ0n) is 15.9. The number of benzene rings is 2. The van der Waals surface area contributed by atoms with Gasteiger partial charge >= 0.3 is 0 Å². The van der Waals surface area contributed by atoms with E-state index in [0.717, 1.165) is 18.4 Å². The smallest absolute Gasteiger partial charge is 0.253 e. The summed E-state index contributed by atoms with van der Waals surface area (Å²) in [5.41, 5.74) is 1.02. The summed E-state index contributed by atoms with van der Waals surface area (Å²) in [4.78, 5) is 14.3. The van der Waals surface area contributed by atoms with Crippen molar-refractivity contribution in [1.82, 2.24) is 9.62 Å². The molecule has 0 aromatic heterocycles. The molecule has 2 aromatic rings. The Morgan fingerprint density at radius 1 is 1.24 bits per heavy atom. The number of nitrogens with zero attached hydrogens (tertiary/aromatic N) is 1. The standard InChI is InChI=1S/C20H22Cl2N2O4S/c1-24(13-15-7-8-16(21)11-19(15)22)20(25)14-4-2-6-18(10-14)29(26,27)23-12-17-5-3-9-28-17/h2,4,6-8,10-11,17,23H,3,5,9,12-13H2,1H3. The van der Waals surface area contributed by atoms with E-state index in [1.807, 2.05) is 0 Å². The van der Waals surface area contributed by atoms with Gasteiger partial charge in [-0.15, -0.1) is 0 Å². The summed E-state index contributed by atoms with van der Waals surface area (Å²) < 4.78 is 33.2. The lowest BCUT2D eigenvalue weighted by atomic mass is 10.1. The number of nitrogens with one attached hydrogen (secondary N) is 1. The number of amides is 1. The van der Waals surface area contributed by atoms with Gasteiger partial charge in [-0.1, -0.05) is 35.3 Å². The van der Waals surface area contributed by atoms with Crippen molar-refractivity contribution in [2.45, 2.75) is 30.4 Å². The van der Waals surface area contributed by atoms with Crippen molar-refractivity contribution in [2.75, 3.05) is 20.2 Å². The zero-order valence-corrected chi connectivity index (χ0v) is 18.2. The second-order valence-electron chi connectivity index (χ2n) is 6.91. The fourth-order valence-electron chi connectivity index (χ4n) is 3.09. The predicted octanol–water partition coefficient (Wildman–Crippen LogP) is 3.72. The summed E-state index contributed by atoms with van der Waals surface area (Å²) in [5, 5.41) is 0.980. The van der Waals surface area contributed by atoms with Crippen LogP contribution in [0.2, 0.25) is 10.0 Å². The van der Waals surface area contributed by atoms with Gasteiger partial charge in [0.2, 0.25) is 10.0 Å². The molecule has 0 bridgehead atoms. The van der Waals surface area contributed by atoms with Crippen LogP contribution in [0.3, 0.4) is 0 Å². The van der Waals surface area contributed by atoms with Crippen molar-refractivity contribution < 1.29 is 17.9 Å². The SMILES string of the molecule is CN(Cc1ccc(Cl)cc1Cl)C(=O)c1cccc(S(=O)(=O)NCC2CCCO2)c1. The van der Waals surface area contributed by atoms with E-state index in [4.69, 9.17) is 27.9 Å². The molecule has 1 aliphatic rings. The van der Waals surface area contributed by atoms with Gasteiger partial charge in [0.1, 0.15) is 0 Å². The van der Waals surface area contributed by atoms with E-state index < -0.39 is 10.0 Å². The van der Waals surface area contributed by atoms with Crippen LogP contribution >= 0.6 is 23.2 Å². The summed E-state index contributed by atoms with van der Waals surface area (Å²) in [7, 11) is -2.11. The minimum Gasteiger partial charge on any atom is -0.377 e. The fraction of sp³-hybridized carbons (Fsp3) is 0.350. The molecular formula is C20H22Cl2N2O4S. The molecule has 0 aliphatic carbocycles. The first kappa shape index (κ1) is 22.1. The number of carbonyl (C=O) groups excluding carboxylic acids is 1. The molecule has 1 N–H and O–H groups in total. The number of rotatable bonds is 7. The van der Waals surface area contributed by atoms with Gasteiger partial charge in [0.25, 0.3) is 5.91 Å². The molecule has 1 aliphatic heterocycles. The molecule has 6 nitrogen and oxygen atoms in total. The van der Waals surface area contributed by atoms with Gasteiger partial charge in [-0.2, -0.15) is 0 Å². The van der Waals surface area contributed by atoms with Crippen LogP contribution in [0.1, 0.15) is 28.8 Å². The molecular weight excluding hydrogens is 435 g/mol. The van der Waals surface area contributed by atoms with Crippen LogP contribution in [0.4, 0.5) is 0 Å². The lowest BCUT2D eigenvalue weighted by Gasteiger charge is -2.19. The van der Waals surface area contributed by atoms with Crippen LogP contribution in [0.15, 0.2) is 47.4 Å². The van der Waals surface area contributed by atoms with Gasteiger partial charge in [-0.25, -0.2) is 13.1 Å². The maximum absolute atomic E-state index is 12.8. The topological polar surface area (TPSA) is 75.7 Å². The minimum absolute atomic E-state index is 0.0410. The molecule has 0 spiro atoms. The minimum atomic E-state index is -3.74. The normalized spacial score (nSPS) is 16.7. The largest absolute Gasteiger partial charge is 0.377 e. The summed E-state index contributed by atoms with van der Waals surface area (Å²) >= 11 is 12.1. The lowest BCUT2D eigenvalue weighted by Crippen LogP contribution is -2.32. The molecule has 1 saturated heterocycles. The third-order valence-corrected chi connectivity index (χ3v) is 6.69. The molecule has 29 heavy (non-hydrogen) atoms. The molecule has 1 unspecified atom stereocenters. The number of carbonyl (C=O) groups is 1. The van der Waals surface area contributed by atoms with Gasteiger partial charge in [0, 0.05) is 42.4 Å². The van der Waals surface area contributed by atoms with E-state index >= 15 is 0 Å². The molecule has 156 valence electrons. The first-order chi connectivity index (χ1) is 13.8. The maximum atomic E-state index is 12.8. The molecule has 1 heterocycles. The molecule has 1 amide bonds. The maximum Gasteiger partial charge on any atom is 0.253 e. The number of hydrogen-bond donors (Lipinski definition) is 1. The zero-order chi connectivity index (χ0) is 21.0. The van der Waals surface area contributed by atoms with Crippen molar-refractivity contribution in [3.05, 3.63) is 63.6 Å². The van der Waals surface area contributed by atoms with Gasteiger partial charge < -0.3 is 9.64 Å². The second-order valence-corrected chi connectivity index (χ2v) is 9.52. The van der Waals surface area contributed by atoms with E-state index in [1.54, 1.807) is 37.4 Å². The van der Waals surface area contributed by atoms with E-state index in [2.05, 4.69) is 4.72 Å². The molecule has 1 atom stereocenters. The number of halogens is 2. The highest BCUT2D eigenvalue weighted by molar-refractivity contribution is 7.89. The third kappa shape index (κ3) is 5.71. The average molecular weight is 457 g/mol. The van der Waals surface area contributed by atoms with Crippen LogP contribution in [-0.2, 0) is 21.3 Å². The molecule has 9 heteroatoms. The highest BCUT2D eigenvalue weighted by Gasteiger charge is 2.22. The Morgan fingerprint density at radius 2 is 2.03 bits per heavy atom. The van der Waals surface area contributed by atoms with E-state index in [-0.39, 0.29) is 35.6 Å². The average Bonchev–Trinajstić information content (AvgIpc) is 3.22. The third-order valence-electron chi connectivity index (χ3n) is 4.69. The van der Waals surface area contributed by atoms with E-state index in [1.165, 1.54) is 17.0 Å². The predicted molar refractivity (Wildman–Crippen MR) is 113 cm³/mol. The van der Waals surface area contributed by atoms with Gasteiger partial charge in [0.15, 0.2) is 0 Å². The summed E-state index contributed by atoms with van der Waals surface area (Å²) in [6.45, 7) is 1.14. The van der Waals surface area contributed by atoms with E-state index in [0.29, 0.717) is 16.7 Å². The summed E-state index contributed by atoms with van der Waals surface area (Å²) in [6, 6.07) is 11.0. The fourth-order valence-corrected chi connectivity index (χ4v) is 4.67. The van der Waals surface area contributed by atoms with Crippen molar-refractivity contribution >= 4 is 39.1 Å². The second kappa shape index (κ2) is 9.45. The van der Waals surface area contributed by atoms with Gasteiger partial charge in [0.05, 0.1) is 11.0 Å². The quantitative estimate of drug-likeness (QED) is 0.688. The highest BCUT2D eigenvalue weighted by Crippen LogP contribution is 2.23. The molecule has 1 fully saturated rings. The highest BCUT2D eigenvalue weighted by atomic mass is 35.5. The number of hydrogen-bond acceptors (Lipinski definition) is 4. The van der Waals surface area contributed by atoms with Crippen molar-refractivity contribution in [2.24, 2.45) is 0 Å². The Hall–Kier alpha value is -1.64. The monoisotopic (exact) mass is 456 g/mol. The van der Waals surface area contributed by atoms with Crippen molar-refractivity contribution in [1.29, 1.82) is 0 Å². The summed E-state index contributed by atoms with van der Waals surface area (Å²) in [6.07, 6.45) is 1.66. The first-order valence-electron chi connectivity index (χ1n) is 9.17. The van der Waals surface area contributed by atoms with E-state index in [9.17, 15) is 13.2 Å². The van der Waals surface area contributed by atoms with Gasteiger partial charge in [-0.05, 0) is 48.7 Å². The lowest BCUT2D eigenvalue weighted by molar-refractivity contribution is 0.0785. The Kier molecular flexibility index (Phi) is 7.19. The molecule has 2 aromatic carbocycles. The Balaban J connectivity index is 1.70. The Morgan fingerprint density at radius 3 is 2.72 bits per heavy atom. The number of sulfonamides is 1. The van der Waals surface area contributed by atoms with Crippen molar-refractivity contribution in [3.63, 3.8) is 0 Å². The molecule has 3 rings (SSSR count). The number of ether oxygens (including phenoxy) is 1. The van der Waals surface area contributed by atoms with Crippen LogP contribution in [0.25, 0.3) is 0 Å². The Labute approximate surface area is 180 Å². The van der Waals surface area contributed by atoms with Crippen LogP contribution in [0, 0.1) is 0 Å². The molecule has 0 radical (unpaired) electrons. The molecule has 0 saturated carbocycles. The van der Waals surface area contributed by atoms with Crippen LogP contribution in [-0.4, -0.2) is 45.5 Å². The first-order valence-corrected chi connectivity index (χ1v) is 11.4. The van der Waals surface area contributed by atoms with Crippen LogP contribution < -0.4 is 4.72 Å². The summed E-state index contributed by atoms with van der Waals surface area (Å²) in [5.74, 6) is -0.313. The van der Waals surface area contributed by atoms with Gasteiger partial charge in [-0.3, -0.25) is 4.79 Å². The Bertz CT molecular complexity index is 992. The van der Waals surface area contributed by atoms with Crippen LogP contribution in [0.5, 0.6) is 0 Å². The van der Waals surface area contributed by atoms with Crippen molar-refractivity contribution in [3.8, 4) is 0 Å².